The van der Waals surface area contributed by atoms with Gasteiger partial charge in [0.1, 0.15) is 25.0 Å². The maximum Gasteiger partial charge on any atom is 0.338 e. The van der Waals surface area contributed by atoms with Gasteiger partial charge < -0.3 is 24.8 Å². The summed E-state index contributed by atoms with van der Waals surface area (Å²) < 4.78 is 17.7. The van der Waals surface area contributed by atoms with Crippen LogP contribution in [0.25, 0.3) is 11.1 Å². The van der Waals surface area contributed by atoms with Crippen LogP contribution in [0, 0.1) is 11.3 Å². The minimum absolute atomic E-state index is 0.0232. The van der Waals surface area contributed by atoms with Gasteiger partial charge in [-0.05, 0) is 81.4 Å². The number of halogens is 1. The van der Waals surface area contributed by atoms with Crippen molar-refractivity contribution in [2.24, 2.45) is 0 Å². The summed E-state index contributed by atoms with van der Waals surface area (Å²) in [5.41, 5.74) is 1.07. The van der Waals surface area contributed by atoms with Gasteiger partial charge in [-0.2, -0.15) is 5.26 Å². The van der Waals surface area contributed by atoms with Crippen molar-refractivity contribution in [3.8, 4) is 22.9 Å². The molecular formula is C40H40ClN5O8. The van der Waals surface area contributed by atoms with Crippen molar-refractivity contribution in [1.29, 1.82) is 5.26 Å². The number of amides is 2. The predicted octanol–water partition coefficient (Wildman–Crippen LogP) is 5.12. The number of likely N-dealkylation sites (N-methyl/N-ethyl adjacent to an activating group) is 1. The van der Waals surface area contributed by atoms with E-state index in [0.29, 0.717) is 40.2 Å². The summed E-state index contributed by atoms with van der Waals surface area (Å²) in [7, 11) is 4.99. The van der Waals surface area contributed by atoms with Crippen LogP contribution in [0.5, 0.6) is 5.75 Å². The van der Waals surface area contributed by atoms with Crippen LogP contribution < -0.4 is 20.9 Å². The third kappa shape index (κ3) is 8.97. The molecule has 0 saturated heterocycles. The molecule has 1 aliphatic carbocycles. The minimum Gasteiger partial charge on any atom is -0.495 e. The molecule has 4 aromatic rings. The van der Waals surface area contributed by atoms with Crippen LogP contribution in [0.15, 0.2) is 89.9 Å². The smallest absolute Gasteiger partial charge is 0.338 e. The van der Waals surface area contributed by atoms with Crippen LogP contribution in [-0.4, -0.2) is 72.6 Å². The highest BCUT2D eigenvalue weighted by Crippen LogP contribution is 2.40. The molecule has 1 aliphatic rings. The van der Waals surface area contributed by atoms with Gasteiger partial charge in [0.2, 0.25) is 11.8 Å². The fourth-order valence-electron chi connectivity index (χ4n) is 5.93. The number of nitrogens with zero attached hydrogens (tertiary/aromatic N) is 3. The number of benzene rings is 3. The Morgan fingerprint density at radius 2 is 1.69 bits per heavy atom. The molecule has 1 saturated carbocycles. The largest absolute Gasteiger partial charge is 0.495 e. The molecule has 0 spiro atoms. The summed E-state index contributed by atoms with van der Waals surface area (Å²) >= 11 is 6.17. The summed E-state index contributed by atoms with van der Waals surface area (Å²) in [6.45, 7) is 1.26. The first kappa shape index (κ1) is 39.2. The zero-order valence-electron chi connectivity index (χ0n) is 30.3. The fourth-order valence-corrected chi connectivity index (χ4v) is 6.11. The summed E-state index contributed by atoms with van der Waals surface area (Å²) in [5, 5.41) is 15.5. The second-order valence-electron chi connectivity index (χ2n) is 12.9. The highest BCUT2D eigenvalue weighted by Gasteiger charge is 2.52. The predicted molar refractivity (Wildman–Crippen MR) is 201 cm³/mol. The molecule has 2 atom stereocenters. The van der Waals surface area contributed by atoms with Crippen molar-refractivity contribution in [3.63, 3.8) is 0 Å². The molecule has 2 amide bonds. The Bertz CT molecular complexity index is 2120. The van der Waals surface area contributed by atoms with E-state index in [1.165, 1.54) is 48.2 Å². The van der Waals surface area contributed by atoms with Crippen LogP contribution in [0.3, 0.4) is 0 Å². The maximum absolute atomic E-state index is 13.5. The van der Waals surface area contributed by atoms with E-state index in [0.717, 1.165) is 5.56 Å². The van der Waals surface area contributed by atoms with E-state index in [9.17, 15) is 29.2 Å². The number of aromatic nitrogens is 1. The van der Waals surface area contributed by atoms with Gasteiger partial charge in [-0.3, -0.25) is 23.9 Å². The lowest BCUT2D eigenvalue weighted by atomic mass is 10.00. The summed E-state index contributed by atoms with van der Waals surface area (Å²) in [4.78, 5) is 67.9. The summed E-state index contributed by atoms with van der Waals surface area (Å²) in [6, 6.07) is 20.8. The van der Waals surface area contributed by atoms with E-state index in [4.69, 9.17) is 25.8 Å². The van der Waals surface area contributed by atoms with Crippen LogP contribution in [-0.2, 0) is 30.5 Å². The number of ether oxygens (including phenoxy) is 3. The Balaban J connectivity index is 1.25. The van der Waals surface area contributed by atoms with Gasteiger partial charge in [-0.15, -0.1) is 0 Å². The van der Waals surface area contributed by atoms with Gasteiger partial charge in [0.05, 0.1) is 36.0 Å². The van der Waals surface area contributed by atoms with E-state index in [1.54, 1.807) is 56.3 Å². The highest BCUT2D eigenvalue weighted by molar-refractivity contribution is 6.31. The van der Waals surface area contributed by atoms with Gasteiger partial charge in [-0.1, -0.05) is 48.9 Å². The monoisotopic (exact) mass is 753 g/mol. The number of nitrogens with one attached hydrogen (secondary N) is 2. The second kappa shape index (κ2) is 17.2. The number of methoxy groups -OCH3 is 1. The van der Waals surface area contributed by atoms with Gasteiger partial charge in [0.15, 0.2) is 6.04 Å². The lowest BCUT2D eigenvalue weighted by molar-refractivity contribution is -0.151. The Kier molecular flexibility index (Phi) is 12.5. The molecule has 14 heteroatoms. The molecule has 0 bridgehead atoms. The quantitative estimate of drug-likeness (QED) is 0.156. The van der Waals surface area contributed by atoms with E-state index in [2.05, 4.69) is 16.7 Å². The lowest BCUT2D eigenvalue weighted by Gasteiger charge is -2.25. The zero-order valence-corrected chi connectivity index (χ0v) is 31.0. The summed E-state index contributed by atoms with van der Waals surface area (Å²) in [6.07, 6.45) is 2.93. The van der Waals surface area contributed by atoms with Crippen molar-refractivity contribution in [2.45, 2.75) is 50.4 Å². The molecule has 3 aromatic carbocycles. The second-order valence-corrected chi connectivity index (χ2v) is 13.4. The van der Waals surface area contributed by atoms with Crippen molar-refractivity contribution < 1.29 is 33.4 Å². The van der Waals surface area contributed by atoms with Crippen LogP contribution in [0.1, 0.15) is 53.7 Å². The van der Waals surface area contributed by atoms with Gasteiger partial charge in [0.25, 0.3) is 5.56 Å². The molecular weight excluding hydrogens is 714 g/mol. The van der Waals surface area contributed by atoms with E-state index in [1.807, 2.05) is 18.2 Å². The molecule has 5 rings (SSSR count). The Labute approximate surface area is 317 Å². The van der Waals surface area contributed by atoms with E-state index < -0.39 is 47.6 Å². The number of hydrogen-bond donors (Lipinski definition) is 2. The topological polar surface area (TPSA) is 169 Å². The third-order valence-corrected chi connectivity index (χ3v) is 9.50. The van der Waals surface area contributed by atoms with Gasteiger partial charge in [0, 0.05) is 27.9 Å². The number of nitriles is 1. The van der Waals surface area contributed by atoms with Crippen molar-refractivity contribution in [2.75, 3.05) is 33.1 Å². The molecule has 0 radical (unpaired) electrons. The third-order valence-electron chi connectivity index (χ3n) is 9.27. The number of esters is 2. The standard InChI is InChI=1S/C40H40ClN5O8/c1-5-33(46-22-34(52-4)31(20-35(46)47)30-19-28(41)14-11-27(30)21-42)36(48)43-29-15-12-26(13-16-29)37(49)54-24-32(44-39(51)40(17-18-40)45(2)3)38(50)53-23-25-9-7-6-8-10-25/h6-16,19-20,22,32-33H,5,17-18,23-24H2,1-4H3,(H,43,48)(H,44,51)/t32-,33?/m0/s1. The lowest BCUT2D eigenvalue weighted by Crippen LogP contribution is -2.53. The van der Waals surface area contributed by atoms with Gasteiger partial charge in [-0.25, -0.2) is 9.59 Å². The average Bonchev–Trinajstić information content (AvgIpc) is 3.99. The highest BCUT2D eigenvalue weighted by atomic mass is 35.5. The van der Waals surface area contributed by atoms with Gasteiger partial charge >= 0.3 is 11.9 Å². The molecule has 1 aromatic heterocycles. The fraction of sp³-hybridized carbons (Fsp3) is 0.300. The first-order valence-corrected chi connectivity index (χ1v) is 17.6. The van der Waals surface area contributed by atoms with Crippen molar-refractivity contribution in [1.82, 2.24) is 14.8 Å². The Morgan fingerprint density at radius 1 is 0.981 bits per heavy atom. The van der Waals surface area contributed by atoms with E-state index >= 15 is 0 Å². The number of anilines is 1. The molecule has 13 nitrogen and oxygen atoms in total. The summed E-state index contributed by atoms with van der Waals surface area (Å²) in [5.74, 6) is -2.11. The molecule has 1 fully saturated rings. The molecule has 1 heterocycles. The van der Waals surface area contributed by atoms with Crippen molar-refractivity contribution >= 4 is 41.0 Å². The van der Waals surface area contributed by atoms with Crippen LogP contribution >= 0.6 is 11.6 Å². The normalized spacial score (nSPS) is 13.9. The molecule has 54 heavy (non-hydrogen) atoms. The molecule has 280 valence electrons. The first-order valence-electron chi connectivity index (χ1n) is 17.2. The average molecular weight is 754 g/mol. The number of carbonyl (C=O) groups excluding carboxylic acids is 4. The number of pyridine rings is 1. The number of carbonyl (C=O) groups is 4. The Morgan fingerprint density at radius 3 is 2.30 bits per heavy atom. The number of hydrogen-bond acceptors (Lipinski definition) is 10. The zero-order chi connectivity index (χ0) is 39.0. The maximum atomic E-state index is 13.5. The van der Waals surface area contributed by atoms with Crippen molar-refractivity contribution in [3.05, 3.63) is 117 Å². The number of rotatable bonds is 15. The van der Waals surface area contributed by atoms with E-state index in [-0.39, 0.29) is 30.2 Å². The minimum atomic E-state index is -1.25. The molecule has 2 N–H and O–H groups in total. The molecule has 0 aliphatic heterocycles. The SMILES string of the molecule is CCC(C(=O)Nc1ccc(C(=O)OC[C@H](NC(=O)C2(N(C)C)CC2)C(=O)OCc2ccccc2)cc1)n1cc(OC)c(-c2cc(Cl)ccc2C#N)cc1=O. The first-order chi connectivity index (χ1) is 25.9. The Hall–Kier alpha value is -5.97. The molecule has 1 unspecified atom stereocenters. The van der Waals surface area contributed by atoms with Crippen LogP contribution in [0.4, 0.5) is 5.69 Å². The van der Waals surface area contributed by atoms with Crippen LogP contribution in [0.2, 0.25) is 5.02 Å².